The molecule has 0 atom stereocenters. The van der Waals surface area contributed by atoms with Gasteiger partial charge in [0.25, 0.3) is 11.8 Å². The molecule has 0 saturated carbocycles. The Kier molecular flexibility index (Phi) is 9.98. The van der Waals surface area contributed by atoms with Crippen molar-refractivity contribution in [3.63, 3.8) is 0 Å². The minimum absolute atomic E-state index is 0.0373. The van der Waals surface area contributed by atoms with Crippen LogP contribution >= 0.6 is 0 Å². The van der Waals surface area contributed by atoms with E-state index in [-0.39, 0.29) is 49.8 Å². The molecule has 0 radical (unpaired) electrons. The molecule has 0 unspecified atom stereocenters. The number of hydrogen-bond acceptors (Lipinski definition) is 8. The van der Waals surface area contributed by atoms with Crippen LogP contribution in [0, 0.1) is 0 Å². The third-order valence-electron chi connectivity index (χ3n) is 7.64. The summed E-state index contributed by atoms with van der Waals surface area (Å²) >= 11 is 0. The zero-order chi connectivity index (χ0) is 31.1. The van der Waals surface area contributed by atoms with Crippen molar-refractivity contribution in [2.45, 2.75) is 43.9 Å². The quantitative estimate of drug-likeness (QED) is 0.477. The Balaban J connectivity index is 0.000000181. The van der Waals surface area contributed by atoms with Gasteiger partial charge < -0.3 is 39.8 Å². The molecule has 2 aromatic carbocycles. The Morgan fingerprint density at radius 3 is 1.57 bits per heavy atom. The highest BCUT2D eigenvalue weighted by Gasteiger charge is 2.43. The molecule has 4 aliphatic rings. The molecular formula is C30H35F3N4O7. The number of hydrogen-bond donors (Lipinski definition) is 3. The Bertz CT molecular complexity index is 1340. The molecule has 0 aliphatic carbocycles. The molecule has 0 spiro atoms. The zero-order valence-corrected chi connectivity index (χ0v) is 24.0. The second-order valence-electron chi connectivity index (χ2n) is 10.8. The van der Waals surface area contributed by atoms with Crippen molar-refractivity contribution in [2.75, 3.05) is 52.6 Å². The van der Waals surface area contributed by atoms with E-state index in [4.69, 9.17) is 18.9 Å². The van der Waals surface area contributed by atoms with E-state index in [0.29, 0.717) is 60.6 Å². The minimum Gasteiger partial charge on any atom is -0.486 e. The molecule has 14 heteroatoms. The standard InChI is InChI=1S/C16H17F3N2O4.C14H18N2O3/c17-16(18,19)15(23)21-5-3-11(4-6-21)20-14(22)10-1-2-12-13(9-10)25-8-7-24-12;17-14(16-11-3-5-15-6-4-11)10-1-2-12-13(9-10)19-8-7-18-12/h1-2,9,11H,3-8H2,(H,20,22);1-2,9,11,15H,3-8H2,(H,16,17). The summed E-state index contributed by atoms with van der Waals surface area (Å²) in [5, 5.41) is 9.13. The lowest BCUT2D eigenvalue weighted by Gasteiger charge is -2.32. The minimum atomic E-state index is -4.86. The summed E-state index contributed by atoms with van der Waals surface area (Å²) in [4.78, 5) is 36.4. The predicted molar refractivity (Wildman–Crippen MR) is 151 cm³/mol. The number of ether oxygens (including phenoxy) is 4. The maximum Gasteiger partial charge on any atom is 0.471 e. The van der Waals surface area contributed by atoms with Crippen LogP contribution in [-0.2, 0) is 4.79 Å². The molecule has 0 aromatic heterocycles. The molecule has 3 amide bonds. The molecule has 0 bridgehead atoms. The largest absolute Gasteiger partial charge is 0.486 e. The van der Waals surface area contributed by atoms with E-state index in [1.807, 2.05) is 0 Å². The van der Waals surface area contributed by atoms with E-state index in [9.17, 15) is 27.6 Å². The summed E-state index contributed by atoms with van der Waals surface area (Å²) in [6.07, 6.45) is -2.34. The van der Waals surface area contributed by atoms with E-state index >= 15 is 0 Å². The van der Waals surface area contributed by atoms with Crippen LogP contribution in [0.1, 0.15) is 46.4 Å². The lowest BCUT2D eigenvalue weighted by molar-refractivity contribution is -0.186. The van der Waals surface area contributed by atoms with Crippen molar-refractivity contribution in [2.24, 2.45) is 0 Å². The second kappa shape index (κ2) is 14.1. The van der Waals surface area contributed by atoms with Gasteiger partial charge in [0.2, 0.25) is 0 Å². The Morgan fingerprint density at radius 1 is 0.682 bits per heavy atom. The van der Waals surface area contributed by atoms with Gasteiger partial charge in [-0.1, -0.05) is 0 Å². The third-order valence-corrected chi connectivity index (χ3v) is 7.64. The van der Waals surface area contributed by atoms with Crippen LogP contribution in [0.15, 0.2) is 36.4 Å². The number of nitrogens with zero attached hydrogens (tertiary/aromatic N) is 1. The number of alkyl halides is 3. The predicted octanol–water partition coefficient (Wildman–Crippen LogP) is 2.68. The first-order valence-corrected chi connectivity index (χ1v) is 14.7. The number of fused-ring (bicyclic) bond motifs is 2. The maximum absolute atomic E-state index is 12.4. The van der Waals surface area contributed by atoms with Crippen molar-refractivity contribution in [1.82, 2.24) is 20.9 Å². The first-order valence-electron chi connectivity index (χ1n) is 14.7. The number of nitrogens with one attached hydrogen (secondary N) is 3. The molecule has 4 aliphatic heterocycles. The first-order chi connectivity index (χ1) is 21.2. The molecule has 2 fully saturated rings. The van der Waals surface area contributed by atoms with E-state index in [2.05, 4.69) is 16.0 Å². The van der Waals surface area contributed by atoms with E-state index < -0.39 is 12.1 Å². The maximum atomic E-state index is 12.4. The van der Waals surface area contributed by atoms with Gasteiger partial charge in [-0.2, -0.15) is 13.2 Å². The Hall–Kier alpha value is -4.20. The van der Waals surface area contributed by atoms with Crippen LogP contribution in [0.5, 0.6) is 23.0 Å². The number of carbonyl (C=O) groups is 3. The van der Waals surface area contributed by atoms with Gasteiger partial charge in [-0.15, -0.1) is 0 Å². The number of piperidine rings is 2. The van der Waals surface area contributed by atoms with E-state index in [1.54, 1.807) is 36.4 Å². The van der Waals surface area contributed by atoms with Gasteiger partial charge >= 0.3 is 12.1 Å². The van der Waals surface area contributed by atoms with Crippen LogP contribution in [0.4, 0.5) is 13.2 Å². The highest BCUT2D eigenvalue weighted by Crippen LogP contribution is 2.32. The SMILES string of the molecule is O=C(NC1CCN(C(=O)C(F)(F)F)CC1)c1ccc2c(c1)OCCO2.O=C(NC1CCNCC1)c1ccc2c(c1)OCCO2. The van der Waals surface area contributed by atoms with E-state index in [0.717, 1.165) is 30.8 Å². The number of carbonyl (C=O) groups excluding carboxylic acids is 3. The Morgan fingerprint density at radius 2 is 1.11 bits per heavy atom. The second-order valence-corrected chi connectivity index (χ2v) is 10.8. The van der Waals surface area contributed by atoms with Crippen LogP contribution in [0.25, 0.3) is 0 Å². The average molecular weight is 621 g/mol. The molecule has 4 heterocycles. The topological polar surface area (TPSA) is 127 Å². The highest BCUT2D eigenvalue weighted by molar-refractivity contribution is 5.95. The lowest BCUT2D eigenvalue weighted by atomic mass is 10.0. The average Bonchev–Trinajstić information content (AvgIpc) is 3.04. The summed E-state index contributed by atoms with van der Waals surface area (Å²) < 4.78 is 59.0. The molecule has 11 nitrogen and oxygen atoms in total. The summed E-state index contributed by atoms with van der Waals surface area (Å²) in [5.74, 6) is 0.227. The fraction of sp³-hybridized carbons (Fsp3) is 0.500. The number of benzene rings is 2. The van der Waals surface area contributed by atoms with Gasteiger partial charge in [0.1, 0.15) is 26.4 Å². The van der Waals surface area contributed by atoms with Crippen LogP contribution in [-0.4, -0.2) is 93.5 Å². The van der Waals surface area contributed by atoms with Crippen molar-refractivity contribution in [1.29, 1.82) is 0 Å². The summed E-state index contributed by atoms with van der Waals surface area (Å²) in [6.45, 7) is 3.81. The number of halogens is 3. The van der Waals surface area contributed by atoms with Gasteiger partial charge in [0.05, 0.1) is 0 Å². The van der Waals surface area contributed by atoms with Crippen molar-refractivity contribution in [3.8, 4) is 23.0 Å². The zero-order valence-electron chi connectivity index (χ0n) is 24.0. The Labute approximate surface area is 252 Å². The van der Waals surface area contributed by atoms with Crippen LogP contribution in [0.2, 0.25) is 0 Å². The molecule has 2 aromatic rings. The molecule has 2 saturated heterocycles. The highest BCUT2D eigenvalue weighted by atomic mass is 19.4. The fourth-order valence-electron chi connectivity index (χ4n) is 5.28. The van der Waals surface area contributed by atoms with E-state index in [1.165, 1.54) is 0 Å². The van der Waals surface area contributed by atoms with Gasteiger partial charge in [-0.3, -0.25) is 14.4 Å². The molecule has 6 rings (SSSR count). The normalized spacial score (nSPS) is 18.4. The number of rotatable bonds is 4. The molecule has 238 valence electrons. The molecule has 44 heavy (non-hydrogen) atoms. The monoisotopic (exact) mass is 620 g/mol. The molecule has 3 N–H and O–H groups in total. The van der Waals surface area contributed by atoms with Crippen molar-refractivity contribution < 1.29 is 46.5 Å². The molecular weight excluding hydrogens is 585 g/mol. The van der Waals surface area contributed by atoms with Crippen molar-refractivity contribution >= 4 is 17.7 Å². The summed E-state index contributed by atoms with van der Waals surface area (Å²) in [7, 11) is 0. The smallest absolute Gasteiger partial charge is 0.471 e. The third kappa shape index (κ3) is 8.04. The first kappa shape index (κ1) is 31.2. The summed E-state index contributed by atoms with van der Waals surface area (Å²) in [5.41, 5.74) is 1.01. The van der Waals surface area contributed by atoms with Crippen LogP contribution in [0.3, 0.4) is 0 Å². The number of likely N-dealkylation sites (tertiary alicyclic amines) is 1. The fourth-order valence-corrected chi connectivity index (χ4v) is 5.28. The van der Waals surface area contributed by atoms with Gasteiger partial charge in [-0.25, -0.2) is 0 Å². The summed E-state index contributed by atoms with van der Waals surface area (Å²) in [6, 6.07) is 10.1. The van der Waals surface area contributed by atoms with Gasteiger partial charge in [0, 0.05) is 36.3 Å². The lowest BCUT2D eigenvalue weighted by Crippen LogP contribution is -2.50. The van der Waals surface area contributed by atoms with Crippen molar-refractivity contribution in [3.05, 3.63) is 47.5 Å². The number of amides is 3. The van der Waals surface area contributed by atoms with Crippen LogP contribution < -0.4 is 34.9 Å². The van der Waals surface area contributed by atoms with Gasteiger partial charge in [0.15, 0.2) is 23.0 Å². The van der Waals surface area contributed by atoms with Gasteiger partial charge in [-0.05, 0) is 75.2 Å².